The molecule has 3 nitrogen and oxygen atoms in total. The van der Waals surface area contributed by atoms with Crippen molar-refractivity contribution in [3.63, 3.8) is 0 Å². The lowest BCUT2D eigenvalue weighted by Crippen LogP contribution is -2.28. The highest BCUT2D eigenvalue weighted by molar-refractivity contribution is 5.35. The molecule has 0 amide bonds. The van der Waals surface area contributed by atoms with Crippen LogP contribution >= 0.6 is 0 Å². The molecule has 0 aliphatic heterocycles. The normalized spacial score (nSPS) is 14.3. The summed E-state index contributed by atoms with van der Waals surface area (Å²) in [6.45, 7) is 10.3. The van der Waals surface area contributed by atoms with Crippen molar-refractivity contribution < 1.29 is 9.47 Å². The molecule has 1 rings (SSSR count). The lowest BCUT2D eigenvalue weighted by atomic mass is 10.1. The minimum atomic E-state index is 0.172. The highest BCUT2D eigenvalue weighted by atomic mass is 16.5. The number of ether oxygens (including phenoxy) is 2. The van der Waals surface area contributed by atoms with Crippen molar-refractivity contribution in [1.82, 2.24) is 5.32 Å². The quantitative estimate of drug-likeness (QED) is 0.746. The lowest BCUT2D eigenvalue weighted by molar-refractivity contribution is 0.0369. The summed E-state index contributed by atoms with van der Waals surface area (Å²) in [5.74, 6) is 1.58. The second-order valence-electron chi connectivity index (χ2n) is 5.63. The zero-order chi connectivity index (χ0) is 15.0. The molecule has 1 N–H and O–H groups in total. The number of benzene rings is 1. The Morgan fingerprint density at radius 3 is 2.45 bits per heavy atom. The summed E-state index contributed by atoms with van der Waals surface area (Å²) in [6, 6.07) is 8.30. The molecule has 0 saturated carbocycles. The minimum absolute atomic E-state index is 0.172. The molecule has 1 aromatic rings. The smallest absolute Gasteiger partial charge is 0.123 e. The Morgan fingerprint density at radius 2 is 1.85 bits per heavy atom. The number of likely N-dealkylation sites (N-methyl/N-ethyl adjacent to an activating group) is 1. The van der Waals surface area contributed by atoms with E-state index in [1.807, 2.05) is 18.2 Å². The second kappa shape index (κ2) is 8.98. The zero-order valence-electron chi connectivity index (χ0n) is 13.5. The maximum absolute atomic E-state index is 6.00. The second-order valence-corrected chi connectivity index (χ2v) is 5.63. The molecule has 2 atom stereocenters. The molecular weight excluding hydrogens is 250 g/mol. The van der Waals surface area contributed by atoms with Gasteiger partial charge in [-0.1, -0.05) is 39.0 Å². The van der Waals surface area contributed by atoms with Gasteiger partial charge in [-0.15, -0.1) is 0 Å². The standard InChI is InChI=1S/C17H29NO2/c1-6-18-16(12-20-14(4)11-13(2)3)15-9-7-8-10-17(15)19-5/h7-10,13-14,16,18H,6,11-12H2,1-5H3. The third-order valence-electron chi connectivity index (χ3n) is 3.32. The maximum atomic E-state index is 6.00. The van der Waals surface area contributed by atoms with E-state index in [0.29, 0.717) is 12.5 Å². The van der Waals surface area contributed by atoms with Crippen molar-refractivity contribution in [3.05, 3.63) is 29.8 Å². The van der Waals surface area contributed by atoms with Gasteiger partial charge in [-0.2, -0.15) is 0 Å². The van der Waals surface area contributed by atoms with Crippen LogP contribution in [-0.2, 0) is 4.74 Å². The zero-order valence-corrected chi connectivity index (χ0v) is 13.5. The highest BCUT2D eigenvalue weighted by Gasteiger charge is 2.16. The Hall–Kier alpha value is -1.06. The van der Waals surface area contributed by atoms with Gasteiger partial charge in [0, 0.05) is 5.56 Å². The molecule has 0 aromatic heterocycles. The van der Waals surface area contributed by atoms with Gasteiger partial charge in [-0.3, -0.25) is 0 Å². The SMILES string of the molecule is CCNC(COC(C)CC(C)C)c1ccccc1OC. The Morgan fingerprint density at radius 1 is 1.15 bits per heavy atom. The molecule has 3 heteroatoms. The summed E-state index contributed by atoms with van der Waals surface area (Å²) >= 11 is 0. The van der Waals surface area contributed by atoms with E-state index in [4.69, 9.17) is 9.47 Å². The molecule has 20 heavy (non-hydrogen) atoms. The van der Waals surface area contributed by atoms with Crippen molar-refractivity contribution in [2.24, 2.45) is 5.92 Å². The number of hydrogen-bond donors (Lipinski definition) is 1. The molecule has 2 unspecified atom stereocenters. The van der Waals surface area contributed by atoms with E-state index in [2.05, 4.69) is 39.1 Å². The predicted octanol–water partition coefficient (Wildman–Crippen LogP) is 3.80. The van der Waals surface area contributed by atoms with Gasteiger partial charge in [0.1, 0.15) is 5.75 Å². The first kappa shape index (κ1) is 17.0. The fourth-order valence-electron chi connectivity index (χ4n) is 2.45. The van der Waals surface area contributed by atoms with Crippen LogP contribution in [0, 0.1) is 5.92 Å². The van der Waals surface area contributed by atoms with Crippen LogP contribution in [0.5, 0.6) is 5.75 Å². The van der Waals surface area contributed by atoms with Crippen molar-refractivity contribution in [1.29, 1.82) is 0 Å². The predicted molar refractivity (Wildman–Crippen MR) is 84.3 cm³/mol. The van der Waals surface area contributed by atoms with Gasteiger partial charge >= 0.3 is 0 Å². The van der Waals surface area contributed by atoms with Gasteiger partial charge < -0.3 is 14.8 Å². The molecule has 0 fully saturated rings. The molecule has 0 saturated heterocycles. The van der Waals surface area contributed by atoms with E-state index in [9.17, 15) is 0 Å². The molecule has 0 spiro atoms. The van der Waals surface area contributed by atoms with Crippen LogP contribution in [0.4, 0.5) is 0 Å². The van der Waals surface area contributed by atoms with Gasteiger partial charge in [-0.25, -0.2) is 0 Å². The monoisotopic (exact) mass is 279 g/mol. The first-order valence-corrected chi connectivity index (χ1v) is 7.56. The summed E-state index contributed by atoms with van der Waals surface area (Å²) in [7, 11) is 1.71. The molecule has 0 bridgehead atoms. The maximum Gasteiger partial charge on any atom is 0.123 e. The van der Waals surface area contributed by atoms with E-state index in [0.717, 1.165) is 24.3 Å². The lowest BCUT2D eigenvalue weighted by Gasteiger charge is -2.23. The molecule has 0 heterocycles. The summed E-state index contributed by atoms with van der Waals surface area (Å²) < 4.78 is 11.5. The van der Waals surface area contributed by atoms with Crippen molar-refractivity contribution in [2.45, 2.75) is 46.3 Å². The van der Waals surface area contributed by atoms with Crippen LogP contribution < -0.4 is 10.1 Å². The largest absolute Gasteiger partial charge is 0.496 e. The van der Waals surface area contributed by atoms with Gasteiger partial charge in [0.15, 0.2) is 0 Å². The van der Waals surface area contributed by atoms with Crippen LogP contribution in [0.3, 0.4) is 0 Å². The average molecular weight is 279 g/mol. The van der Waals surface area contributed by atoms with Crippen molar-refractivity contribution in [2.75, 3.05) is 20.3 Å². The van der Waals surface area contributed by atoms with Crippen LogP contribution in [0.1, 0.15) is 45.7 Å². The summed E-state index contributed by atoms with van der Waals surface area (Å²) in [5, 5.41) is 3.48. The first-order valence-electron chi connectivity index (χ1n) is 7.56. The Kier molecular flexibility index (Phi) is 7.63. The van der Waals surface area contributed by atoms with Gasteiger partial charge in [0.2, 0.25) is 0 Å². The molecule has 0 aliphatic carbocycles. The fraction of sp³-hybridized carbons (Fsp3) is 0.647. The fourth-order valence-corrected chi connectivity index (χ4v) is 2.45. The van der Waals surface area contributed by atoms with Crippen LogP contribution in [0.25, 0.3) is 0 Å². The van der Waals surface area contributed by atoms with Crippen molar-refractivity contribution in [3.8, 4) is 5.75 Å². The molecule has 114 valence electrons. The summed E-state index contributed by atoms with van der Waals surface area (Å²) in [6.07, 6.45) is 1.37. The Balaban J connectivity index is 2.68. The summed E-state index contributed by atoms with van der Waals surface area (Å²) in [4.78, 5) is 0. The van der Waals surface area contributed by atoms with E-state index in [1.54, 1.807) is 7.11 Å². The average Bonchev–Trinajstić information content (AvgIpc) is 2.42. The Bertz CT molecular complexity index is 379. The van der Waals surface area contributed by atoms with E-state index >= 15 is 0 Å². The molecule has 0 aliphatic rings. The molecule has 1 aromatic carbocycles. The number of rotatable bonds is 9. The van der Waals surface area contributed by atoms with Crippen LogP contribution in [0.15, 0.2) is 24.3 Å². The summed E-state index contributed by atoms with van der Waals surface area (Å²) in [5.41, 5.74) is 1.16. The number of nitrogens with one attached hydrogen (secondary N) is 1. The third-order valence-corrected chi connectivity index (χ3v) is 3.32. The van der Waals surface area contributed by atoms with E-state index < -0.39 is 0 Å². The topological polar surface area (TPSA) is 30.5 Å². The van der Waals surface area contributed by atoms with E-state index in [-0.39, 0.29) is 12.1 Å². The Labute approximate surface area is 123 Å². The number of hydrogen-bond acceptors (Lipinski definition) is 3. The number of para-hydroxylation sites is 1. The number of methoxy groups -OCH3 is 1. The third kappa shape index (κ3) is 5.51. The van der Waals surface area contributed by atoms with E-state index in [1.165, 1.54) is 0 Å². The highest BCUT2D eigenvalue weighted by Crippen LogP contribution is 2.25. The van der Waals surface area contributed by atoms with Crippen LogP contribution in [-0.4, -0.2) is 26.4 Å². The van der Waals surface area contributed by atoms with Crippen molar-refractivity contribution >= 4 is 0 Å². The van der Waals surface area contributed by atoms with Gasteiger partial charge in [0.05, 0.1) is 25.9 Å². The first-order chi connectivity index (χ1) is 9.58. The molecular formula is C17H29NO2. The minimum Gasteiger partial charge on any atom is -0.496 e. The van der Waals surface area contributed by atoms with Gasteiger partial charge in [0.25, 0.3) is 0 Å². The molecule has 0 radical (unpaired) electrons. The van der Waals surface area contributed by atoms with Crippen LogP contribution in [0.2, 0.25) is 0 Å². The van der Waals surface area contributed by atoms with Gasteiger partial charge in [-0.05, 0) is 31.9 Å².